The maximum absolute atomic E-state index is 2.72. The Morgan fingerprint density at radius 2 is 1.08 bits per heavy atom. The normalized spacial score (nSPS) is 29.0. The second-order valence-corrected chi connectivity index (χ2v) is 9.03. The molecule has 0 aromatic rings. The third-order valence-electron chi connectivity index (χ3n) is 5.60. The summed E-state index contributed by atoms with van der Waals surface area (Å²) in [6, 6.07) is 0. The molecular weight excluding hydrogens is 296 g/mol. The van der Waals surface area contributed by atoms with Crippen molar-refractivity contribution in [3.05, 3.63) is 0 Å². The molecule has 2 atom stereocenters. The molecule has 0 saturated carbocycles. The standard InChI is InChI=1S/C20H42N4/c1-5-8-21-12-14-22-9-6-10-23(15-13-21)17-19-24(18-16-22)11-7-20(2,3)4/h5-19H2,1-4H3. The Labute approximate surface area is 151 Å². The highest BCUT2D eigenvalue weighted by Crippen LogP contribution is 2.19. The molecule has 4 heteroatoms. The van der Waals surface area contributed by atoms with Gasteiger partial charge in [0.25, 0.3) is 0 Å². The molecule has 0 radical (unpaired) electrons. The molecule has 0 spiro atoms. The van der Waals surface area contributed by atoms with E-state index >= 15 is 0 Å². The summed E-state index contributed by atoms with van der Waals surface area (Å²) in [5, 5.41) is 0. The van der Waals surface area contributed by atoms with E-state index < -0.39 is 0 Å². The van der Waals surface area contributed by atoms with E-state index in [-0.39, 0.29) is 0 Å². The van der Waals surface area contributed by atoms with Crippen LogP contribution in [0.2, 0.25) is 0 Å². The van der Waals surface area contributed by atoms with Crippen molar-refractivity contribution in [2.75, 3.05) is 78.5 Å². The summed E-state index contributed by atoms with van der Waals surface area (Å²) >= 11 is 0. The van der Waals surface area contributed by atoms with Gasteiger partial charge in [0, 0.05) is 52.4 Å². The molecule has 0 aromatic carbocycles. The molecule has 2 fully saturated rings. The lowest BCUT2D eigenvalue weighted by Crippen LogP contribution is -2.49. The van der Waals surface area contributed by atoms with E-state index in [0.717, 1.165) is 0 Å². The summed E-state index contributed by atoms with van der Waals surface area (Å²) in [7, 11) is 0. The van der Waals surface area contributed by atoms with Crippen LogP contribution in [-0.4, -0.2) is 98.1 Å². The van der Waals surface area contributed by atoms with Gasteiger partial charge in [0.2, 0.25) is 0 Å². The molecule has 2 rings (SSSR count). The first-order valence-corrected chi connectivity index (χ1v) is 10.4. The molecule has 2 aliphatic heterocycles. The lowest BCUT2D eigenvalue weighted by atomic mass is 9.92. The van der Waals surface area contributed by atoms with E-state index in [9.17, 15) is 0 Å². The maximum Gasteiger partial charge on any atom is 0.0110 e. The summed E-state index contributed by atoms with van der Waals surface area (Å²) in [6.45, 7) is 24.5. The van der Waals surface area contributed by atoms with Gasteiger partial charge in [0.1, 0.15) is 0 Å². The third-order valence-corrected chi connectivity index (χ3v) is 5.60. The zero-order valence-corrected chi connectivity index (χ0v) is 16.9. The van der Waals surface area contributed by atoms with Gasteiger partial charge in [0.05, 0.1) is 0 Å². The Bertz CT molecular complexity index is 319. The van der Waals surface area contributed by atoms with E-state index in [1.54, 1.807) is 0 Å². The summed E-state index contributed by atoms with van der Waals surface area (Å²) in [6.07, 6.45) is 3.92. The molecular formula is C20H42N4. The minimum atomic E-state index is 0.445. The summed E-state index contributed by atoms with van der Waals surface area (Å²) < 4.78 is 0. The van der Waals surface area contributed by atoms with Crippen molar-refractivity contribution in [2.45, 2.75) is 47.0 Å². The van der Waals surface area contributed by atoms with E-state index in [1.807, 2.05) is 0 Å². The number of nitrogens with zero attached hydrogens (tertiary/aromatic N) is 4. The average Bonchev–Trinajstić information content (AvgIpc) is 2.53. The second kappa shape index (κ2) is 10.1. The van der Waals surface area contributed by atoms with Crippen LogP contribution < -0.4 is 0 Å². The lowest BCUT2D eigenvalue weighted by Gasteiger charge is -2.37. The molecule has 2 unspecified atom stereocenters. The van der Waals surface area contributed by atoms with Crippen molar-refractivity contribution < 1.29 is 0 Å². The maximum atomic E-state index is 2.72. The fraction of sp³-hybridized carbons (Fsp3) is 1.00. The second-order valence-electron chi connectivity index (χ2n) is 9.03. The molecule has 0 amide bonds. The zero-order valence-electron chi connectivity index (χ0n) is 16.9. The first-order valence-electron chi connectivity index (χ1n) is 10.4. The molecule has 0 aliphatic carbocycles. The summed E-state index contributed by atoms with van der Waals surface area (Å²) in [4.78, 5) is 10.9. The van der Waals surface area contributed by atoms with E-state index in [0.29, 0.717) is 5.41 Å². The van der Waals surface area contributed by atoms with Crippen LogP contribution in [0.3, 0.4) is 0 Å². The number of hydrogen-bond acceptors (Lipinski definition) is 4. The quantitative estimate of drug-likeness (QED) is 0.780. The molecule has 4 nitrogen and oxygen atoms in total. The molecule has 0 aromatic heterocycles. The monoisotopic (exact) mass is 338 g/mol. The van der Waals surface area contributed by atoms with Crippen LogP contribution in [0.15, 0.2) is 0 Å². The molecule has 142 valence electrons. The van der Waals surface area contributed by atoms with Crippen LogP contribution in [0, 0.1) is 5.41 Å². The van der Waals surface area contributed by atoms with Gasteiger partial charge in [-0.1, -0.05) is 27.7 Å². The molecule has 2 aliphatic rings. The molecule has 2 saturated heterocycles. The predicted octanol–water partition coefficient (Wildman–Crippen LogP) is 2.46. The van der Waals surface area contributed by atoms with Crippen LogP contribution in [-0.2, 0) is 0 Å². The van der Waals surface area contributed by atoms with Crippen LogP contribution in [0.5, 0.6) is 0 Å². The fourth-order valence-electron chi connectivity index (χ4n) is 3.80. The highest BCUT2D eigenvalue weighted by molar-refractivity contribution is 4.75. The minimum Gasteiger partial charge on any atom is -0.301 e. The topological polar surface area (TPSA) is 13.0 Å². The lowest BCUT2D eigenvalue weighted by molar-refractivity contribution is 0.106. The van der Waals surface area contributed by atoms with Gasteiger partial charge in [-0.05, 0) is 50.9 Å². The number of rotatable bonds is 4. The Hall–Kier alpha value is -0.160. The van der Waals surface area contributed by atoms with E-state index in [1.165, 1.54) is 97.8 Å². The predicted molar refractivity (Wildman–Crippen MR) is 105 cm³/mol. The van der Waals surface area contributed by atoms with Crippen molar-refractivity contribution in [1.29, 1.82) is 0 Å². The SMILES string of the molecule is CCCN1CCN2CCCN(CC1)CCN(CCC(C)(C)C)CC2. The Kier molecular flexibility index (Phi) is 8.48. The molecule has 0 N–H and O–H groups in total. The van der Waals surface area contributed by atoms with Crippen molar-refractivity contribution in [3.63, 3.8) is 0 Å². The van der Waals surface area contributed by atoms with Crippen molar-refractivity contribution >= 4 is 0 Å². The minimum absolute atomic E-state index is 0.445. The van der Waals surface area contributed by atoms with Crippen molar-refractivity contribution in [3.8, 4) is 0 Å². The fourth-order valence-corrected chi connectivity index (χ4v) is 3.80. The molecule has 24 heavy (non-hydrogen) atoms. The van der Waals surface area contributed by atoms with Gasteiger partial charge < -0.3 is 19.6 Å². The van der Waals surface area contributed by atoms with Crippen LogP contribution in [0.25, 0.3) is 0 Å². The summed E-state index contributed by atoms with van der Waals surface area (Å²) in [5.41, 5.74) is 0.445. The third kappa shape index (κ3) is 7.81. The highest BCUT2D eigenvalue weighted by Gasteiger charge is 2.19. The highest BCUT2D eigenvalue weighted by atomic mass is 15.3. The van der Waals surface area contributed by atoms with E-state index in [4.69, 9.17) is 0 Å². The van der Waals surface area contributed by atoms with Gasteiger partial charge in [0.15, 0.2) is 0 Å². The van der Waals surface area contributed by atoms with Crippen LogP contribution in [0.4, 0.5) is 0 Å². The van der Waals surface area contributed by atoms with Crippen LogP contribution in [0.1, 0.15) is 47.0 Å². The van der Waals surface area contributed by atoms with Gasteiger partial charge in [-0.2, -0.15) is 0 Å². The Balaban J connectivity index is 1.95. The van der Waals surface area contributed by atoms with Gasteiger partial charge in [-0.3, -0.25) is 0 Å². The smallest absolute Gasteiger partial charge is 0.0110 e. The molecule has 2 heterocycles. The van der Waals surface area contributed by atoms with Crippen LogP contribution >= 0.6 is 0 Å². The van der Waals surface area contributed by atoms with Gasteiger partial charge in [-0.15, -0.1) is 0 Å². The largest absolute Gasteiger partial charge is 0.301 e. The van der Waals surface area contributed by atoms with Crippen molar-refractivity contribution in [2.24, 2.45) is 5.41 Å². The zero-order chi connectivity index (χ0) is 17.4. The van der Waals surface area contributed by atoms with Gasteiger partial charge in [-0.25, -0.2) is 0 Å². The van der Waals surface area contributed by atoms with Gasteiger partial charge >= 0.3 is 0 Å². The Morgan fingerprint density at radius 3 is 1.50 bits per heavy atom. The Morgan fingerprint density at radius 1 is 0.625 bits per heavy atom. The number of hydrogen-bond donors (Lipinski definition) is 0. The first kappa shape index (κ1) is 20.2. The average molecular weight is 339 g/mol. The van der Waals surface area contributed by atoms with Crippen molar-refractivity contribution in [1.82, 2.24) is 19.6 Å². The number of fused-ring (bicyclic) bond motifs is 4. The van der Waals surface area contributed by atoms with E-state index in [2.05, 4.69) is 47.3 Å². The summed E-state index contributed by atoms with van der Waals surface area (Å²) in [5.74, 6) is 0. The molecule has 2 bridgehead atoms. The first-order chi connectivity index (χ1) is 11.5.